The van der Waals surface area contributed by atoms with Crippen LogP contribution in [0.15, 0.2) is 85.5 Å². The first kappa shape index (κ1) is 17.0. The van der Waals surface area contributed by atoms with Crippen molar-refractivity contribution < 1.29 is 0 Å². The van der Waals surface area contributed by atoms with Crippen LogP contribution in [-0.2, 0) is 0 Å². The largest absolute Gasteiger partial charge is 0.0991 e. The summed E-state index contributed by atoms with van der Waals surface area (Å²) in [5, 5.41) is 5.20. The Morgan fingerprint density at radius 1 is 0.769 bits per heavy atom. The maximum Gasteiger partial charge on any atom is 0.0136 e. The Balaban J connectivity index is 1.81. The molecule has 4 aromatic carbocycles. The van der Waals surface area contributed by atoms with E-state index in [-0.39, 0.29) is 0 Å². The van der Waals surface area contributed by atoms with Crippen LogP contribution in [0.1, 0.15) is 11.1 Å². The summed E-state index contributed by atoms with van der Waals surface area (Å²) in [6.07, 6.45) is 5.88. The van der Waals surface area contributed by atoms with Gasteiger partial charge in [-0.2, -0.15) is 0 Å². The zero-order chi connectivity index (χ0) is 18.1. The molecule has 4 rings (SSSR count). The van der Waals surface area contributed by atoms with Crippen LogP contribution in [0.3, 0.4) is 0 Å². The summed E-state index contributed by atoms with van der Waals surface area (Å²) in [5.74, 6) is 0. The standard InChI is InChI=1S/C25H19I/c1-3-4-5-18-6-7-19(14-17(18)2)20-10-12-24-21(15-20)8-9-22-16-23(26)11-13-25(22)24/h3-16H,1H2,2H3/b5-4-. The molecule has 0 aliphatic heterocycles. The van der Waals surface area contributed by atoms with Crippen LogP contribution >= 0.6 is 22.6 Å². The molecule has 0 aliphatic carbocycles. The predicted octanol–water partition coefficient (Wildman–Crippen LogP) is 7.77. The van der Waals surface area contributed by atoms with E-state index in [4.69, 9.17) is 0 Å². The molecule has 0 amide bonds. The second-order valence-electron chi connectivity index (χ2n) is 6.53. The summed E-state index contributed by atoms with van der Waals surface area (Å²) in [5.41, 5.74) is 5.01. The van der Waals surface area contributed by atoms with E-state index in [1.165, 1.54) is 47.4 Å². The first-order chi connectivity index (χ1) is 12.7. The number of allylic oxidation sites excluding steroid dienone is 2. The van der Waals surface area contributed by atoms with Gasteiger partial charge in [-0.15, -0.1) is 0 Å². The fourth-order valence-corrected chi connectivity index (χ4v) is 3.95. The van der Waals surface area contributed by atoms with E-state index < -0.39 is 0 Å². The molecule has 0 spiro atoms. The molecule has 0 radical (unpaired) electrons. The van der Waals surface area contributed by atoms with Gasteiger partial charge < -0.3 is 0 Å². The van der Waals surface area contributed by atoms with E-state index in [1.54, 1.807) is 0 Å². The van der Waals surface area contributed by atoms with Crippen LogP contribution in [0.5, 0.6) is 0 Å². The zero-order valence-corrected chi connectivity index (χ0v) is 16.8. The Bertz CT molecular complexity index is 1170. The fourth-order valence-electron chi connectivity index (χ4n) is 3.44. The Hall–Kier alpha value is -2.39. The van der Waals surface area contributed by atoms with Gasteiger partial charge in [0.25, 0.3) is 0 Å². The van der Waals surface area contributed by atoms with Crippen molar-refractivity contribution in [1.82, 2.24) is 0 Å². The van der Waals surface area contributed by atoms with Gasteiger partial charge >= 0.3 is 0 Å². The minimum absolute atomic E-state index is 1.23. The normalized spacial score (nSPS) is 11.5. The summed E-state index contributed by atoms with van der Waals surface area (Å²) >= 11 is 2.37. The summed E-state index contributed by atoms with van der Waals surface area (Å²) in [6, 6.07) is 24.5. The van der Waals surface area contributed by atoms with Crippen LogP contribution in [-0.4, -0.2) is 0 Å². The molecule has 26 heavy (non-hydrogen) atoms. The first-order valence-corrected chi connectivity index (χ1v) is 9.76. The highest BCUT2D eigenvalue weighted by Gasteiger charge is 2.05. The molecule has 0 saturated heterocycles. The van der Waals surface area contributed by atoms with Crippen LogP contribution in [0.2, 0.25) is 0 Å². The molecule has 0 nitrogen and oxygen atoms in total. The average Bonchev–Trinajstić information content (AvgIpc) is 2.66. The molecule has 0 aromatic heterocycles. The van der Waals surface area contributed by atoms with Gasteiger partial charge in [0.05, 0.1) is 0 Å². The highest BCUT2D eigenvalue weighted by molar-refractivity contribution is 14.1. The predicted molar refractivity (Wildman–Crippen MR) is 124 cm³/mol. The van der Waals surface area contributed by atoms with Crippen molar-refractivity contribution in [2.45, 2.75) is 6.92 Å². The van der Waals surface area contributed by atoms with Crippen molar-refractivity contribution in [2.24, 2.45) is 0 Å². The lowest BCUT2D eigenvalue weighted by Gasteiger charge is -2.09. The molecule has 0 atom stereocenters. The second kappa shape index (κ2) is 7.08. The molecule has 0 aliphatic rings. The molecule has 0 saturated carbocycles. The number of hydrogen-bond acceptors (Lipinski definition) is 0. The van der Waals surface area contributed by atoms with Gasteiger partial charge in [0.2, 0.25) is 0 Å². The third-order valence-corrected chi connectivity index (χ3v) is 5.48. The number of hydrogen-bond donors (Lipinski definition) is 0. The number of halogens is 1. The highest BCUT2D eigenvalue weighted by Crippen LogP contribution is 2.31. The molecule has 126 valence electrons. The topological polar surface area (TPSA) is 0 Å². The molecule has 0 heterocycles. The molecule has 0 bridgehead atoms. The van der Waals surface area contributed by atoms with Gasteiger partial charge in [0, 0.05) is 3.57 Å². The van der Waals surface area contributed by atoms with Crippen molar-refractivity contribution in [1.29, 1.82) is 0 Å². The van der Waals surface area contributed by atoms with Gasteiger partial charge in [0.15, 0.2) is 0 Å². The average molecular weight is 446 g/mol. The number of fused-ring (bicyclic) bond motifs is 3. The molecule has 0 N–H and O–H groups in total. The van der Waals surface area contributed by atoms with Crippen LogP contribution in [0.4, 0.5) is 0 Å². The summed E-state index contributed by atoms with van der Waals surface area (Å²) in [4.78, 5) is 0. The fraction of sp³-hybridized carbons (Fsp3) is 0.0400. The van der Waals surface area contributed by atoms with Gasteiger partial charge in [-0.05, 0) is 91.5 Å². The maximum atomic E-state index is 3.74. The van der Waals surface area contributed by atoms with Crippen LogP contribution < -0.4 is 0 Å². The number of aryl methyl sites for hydroxylation is 1. The van der Waals surface area contributed by atoms with Crippen molar-refractivity contribution in [3.05, 3.63) is 100 Å². The van der Waals surface area contributed by atoms with Gasteiger partial charge in [-0.25, -0.2) is 0 Å². The second-order valence-corrected chi connectivity index (χ2v) is 7.78. The first-order valence-electron chi connectivity index (χ1n) is 8.68. The summed E-state index contributed by atoms with van der Waals surface area (Å²) < 4.78 is 1.27. The SMILES string of the molecule is C=C/C=C\c1ccc(-c2ccc3c(ccc4cc(I)ccc43)c2)cc1C. The lowest BCUT2D eigenvalue weighted by molar-refractivity contribution is 1.44. The van der Waals surface area contributed by atoms with Crippen molar-refractivity contribution >= 4 is 50.2 Å². The van der Waals surface area contributed by atoms with E-state index >= 15 is 0 Å². The molecular weight excluding hydrogens is 427 g/mol. The summed E-state index contributed by atoms with van der Waals surface area (Å²) in [6.45, 7) is 5.89. The minimum atomic E-state index is 1.23. The smallest absolute Gasteiger partial charge is 0.0136 e. The molecule has 1 heteroatoms. The highest BCUT2D eigenvalue weighted by atomic mass is 127. The van der Waals surface area contributed by atoms with Crippen molar-refractivity contribution in [3.8, 4) is 11.1 Å². The summed E-state index contributed by atoms with van der Waals surface area (Å²) in [7, 11) is 0. The van der Waals surface area contributed by atoms with Crippen molar-refractivity contribution in [3.63, 3.8) is 0 Å². The molecular formula is C25H19I. The Labute approximate surface area is 168 Å². The third kappa shape index (κ3) is 3.19. The van der Waals surface area contributed by atoms with E-state index in [9.17, 15) is 0 Å². The van der Waals surface area contributed by atoms with E-state index in [0.29, 0.717) is 0 Å². The van der Waals surface area contributed by atoms with Crippen molar-refractivity contribution in [2.75, 3.05) is 0 Å². The minimum Gasteiger partial charge on any atom is -0.0991 e. The van der Waals surface area contributed by atoms with Gasteiger partial charge in [0.1, 0.15) is 0 Å². The Morgan fingerprint density at radius 2 is 1.42 bits per heavy atom. The van der Waals surface area contributed by atoms with Crippen LogP contribution in [0, 0.1) is 10.5 Å². The zero-order valence-electron chi connectivity index (χ0n) is 14.7. The lowest BCUT2D eigenvalue weighted by Crippen LogP contribution is -1.85. The van der Waals surface area contributed by atoms with E-state index in [1.807, 2.05) is 12.2 Å². The quantitative estimate of drug-likeness (QED) is 0.171. The number of benzene rings is 4. The van der Waals surface area contributed by atoms with E-state index in [0.717, 1.165) is 0 Å². The Morgan fingerprint density at radius 3 is 2.15 bits per heavy atom. The monoisotopic (exact) mass is 446 g/mol. The van der Waals surface area contributed by atoms with Gasteiger partial charge in [-0.3, -0.25) is 0 Å². The molecule has 0 fully saturated rings. The van der Waals surface area contributed by atoms with E-state index in [2.05, 4.69) is 109 Å². The molecule has 0 unspecified atom stereocenters. The number of rotatable bonds is 3. The maximum absolute atomic E-state index is 3.74. The van der Waals surface area contributed by atoms with Gasteiger partial charge in [-0.1, -0.05) is 73.3 Å². The molecule has 4 aromatic rings. The van der Waals surface area contributed by atoms with Crippen LogP contribution in [0.25, 0.3) is 38.7 Å². The third-order valence-electron chi connectivity index (χ3n) is 4.81. The Kier molecular flexibility index (Phi) is 4.64. The lowest BCUT2D eigenvalue weighted by atomic mass is 9.95.